The summed E-state index contributed by atoms with van der Waals surface area (Å²) in [6, 6.07) is 2.09. The van der Waals surface area contributed by atoms with E-state index >= 15 is 0 Å². The Morgan fingerprint density at radius 1 is 1.33 bits per heavy atom. The van der Waals surface area contributed by atoms with Crippen molar-refractivity contribution in [3.8, 4) is 5.75 Å². The van der Waals surface area contributed by atoms with Crippen LogP contribution in [0.1, 0.15) is 21.6 Å². The number of phenols is 1. The van der Waals surface area contributed by atoms with E-state index in [-0.39, 0.29) is 11.2 Å². The number of nitrogens with one attached hydrogen (secondary N) is 1. The van der Waals surface area contributed by atoms with Gasteiger partial charge in [-0.15, -0.1) is 0 Å². The van der Waals surface area contributed by atoms with Gasteiger partial charge in [0.15, 0.2) is 0 Å². The second-order valence-corrected chi connectivity index (χ2v) is 3.81. The van der Waals surface area contributed by atoms with E-state index in [0.29, 0.717) is 0 Å². The maximum atomic E-state index is 12.9. The summed E-state index contributed by atoms with van der Waals surface area (Å²) in [7, 11) is 0. The Kier molecular flexibility index (Phi) is 2.50. The van der Waals surface area contributed by atoms with E-state index in [1.165, 1.54) is 13.0 Å². The molecule has 2 rings (SSSR count). The van der Waals surface area contributed by atoms with Crippen molar-refractivity contribution in [1.29, 1.82) is 0 Å². The minimum Gasteiger partial charge on any atom is -0.507 e. The van der Waals surface area contributed by atoms with Crippen molar-refractivity contribution in [1.82, 2.24) is 4.98 Å². The number of aryl methyl sites for hydroxylation is 1. The fourth-order valence-corrected chi connectivity index (χ4v) is 1.96. The summed E-state index contributed by atoms with van der Waals surface area (Å²) in [6.07, 6.45) is -4.83. The molecule has 0 radical (unpaired) electrons. The molecule has 1 aromatic heterocycles. The highest BCUT2D eigenvalue weighted by molar-refractivity contribution is 6.06. The minimum atomic E-state index is -4.83. The normalized spacial score (nSPS) is 12.0. The predicted molar refractivity (Wildman–Crippen MR) is 56.7 cm³/mol. The molecule has 96 valence electrons. The van der Waals surface area contributed by atoms with Gasteiger partial charge in [-0.05, 0) is 19.1 Å². The van der Waals surface area contributed by atoms with E-state index in [4.69, 9.17) is 5.11 Å². The van der Waals surface area contributed by atoms with Gasteiger partial charge >= 0.3 is 12.1 Å². The lowest BCUT2D eigenvalue weighted by Gasteiger charge is -2.10. The van der Waals surface area contributed by atoms with Crippen molar-refractivity contribution in [3.05, 3.63) is 29.0 Å². The molecule has 0 aliphatic carbocycles. The second-order valence-electron chi connectivity index (χ2n) is 3.81. The zero-order valence-corrected chi connectivity index (χ0v) is 9.09. The Bertz CT molecular complexity index is 643. The Balaban J connectivity index is 3.00. The molecule has 1 heterocycles. The summed E-state index contributed by atoms with van der Waals surface area (Å²) in [5.74, 6) is -2.47. The van der Waals surface area contributed by atoms with Crippen molar-refractivity contribution in [2.24, 2.45) is 0 Å². The molecule has 7 heteroatoms. The van der Waals surface area contributed by atoms with Gasteiger partial charge in [0.25, 0.3) is 0 Å². The fraction of sp³-hybridized carbons (Fsp3) is 0.182. The van der Waals surface area contributed by atoms with Crippen molar-refractivity contribution in [2.75, 3.05) is 0 Å². The van der Waals surface area contributed by atoms with Gasteiger partial charge in [-0.1, -0.05) is 0 Å². The summed E-state index contributed by atoms with van der Waals surface area (Å²) in [5, 5.41) is 17.8. The molecule has 0 spiro atoms. The third-order valence-corrected chi connectivity index (χ3v) is 2.63. The van der Waals surface area contributed by atoms with Crippen LogP contribution in [0.15, 0.2) is 12.1 Å². The number of halogens is 3. The molecule has 0 unspecified atom stereocenters. The van der Waals surface area contributed by atoms with Gasteiger partial charge in [-0.3, -0.25) is 0 Å². The Hall–Kier alpha value is -2.18. The largest absolute Gasteiger partial charge is 0.507 e. The van der Waals surface area contributed by atoms with E-state index in [0.717, 1.165) is 6.07 Å². The average Bonchev–Trinajstić information content (AvgIpc) is 2.51. The van der Waals surface area contributed by atoms with Crippen LogP contribution in [0.4, 0.5) is 13.2 Å². The van der Waals surface area contributed by atoms with E-state index in [2.05, 4.69) is 4.98 Å². The van der Waals surface area contributed by atoms with Crippen LogP contribution in [0.25, 0.3) is 10.9 Å². The fourth-order valence-electron chi connectivity index (χ4n) is 1.96. The van der Waals surface area contributed by atoms with Crippen molar-refractivity contribution < 1.29 is 28.2 Å². The third-order valence-electron chi connectivity index (χ3n) is 2.63. The van der Waals surface area contributed by atoms with E-state index in [1.807, 2.05) is 0 Å². The zero-order valence-electron chi connectivity index (χ0n) is 9.09. The van der Waals surface area contributed by atoms with Crippen LogP contribution in [0.2, 0.25) is 0 Å². The molecule has 0 aliphatic heterocycles. The monoisotopic (exact) mass is 259 g/mol. The van der Waals surface area contributed by atoms with Crippen LogP contribution >= 0.6 is 0 Å². The number of rotatable bonds is 1. The molecule has 0 atom stereocenters. The molecule has 0 bridgehead atoms. The number of phenolic OH excluding ortho intramolecular Hbond substituents is 1. The number of fused-ring (bicyclic) bond motifs is 1. The second kappa shape index (κ2) is 3.66. The van der Waals surface area contributed by atoms with E-state index in [1.54, 1.807) is 0 Å². The number of aromatic nitrogens is 1. The van der Waals surface area contributed by atoms with Gasteiger partial charge in [0.1, 0.15) is 11.3 Å². The topological polar surface area (TPSA) is 73.3 Å². The molecular weight excluding hydrogens is 251 g/mol. The Morgan fingerprint density at radius 2 is 1.94 bits per heavy atom. The van der Waals surface area contributed by atoms with Crippen LogP contribution in [-0.4, -0.2) is 21.2 Å². The number of hydrogen-bond donors (Lipinski definition) is 3. The standard InChI is InChI=1S/C11H8F3NO3/c1-4-7(10(17)18)8-5(15-4)2-3-6(16)9(8)11(12,13)14/h2-3,15-16H,1H3,(H,17,18). The maximum absolute atomic E-state index is 12.9. The minimum absolute atomic E-state index is 0.0232. The molecule has 0 aliphatic rings. The number of aromatic hydroxyl groups is 1. The Labute approximate surface area is 98.7 Å². The lowest BCUT2D eigenvalue weighted by Crippen LogP contribution is -2.08. The van der Waals surface area contributed by atoms with Crippen LogP contribution in [0, 0.1) is 6.92 Å². The maximum Gasteiger partial charge on any atom is 0.420 e. The zero-order chi connectivity index (χ0) is 13.7. The number of benzene rings is 1. The van der Waals surface area contributed by atoms with Gasteiger partial charge in [-0.2, -0.15) is 13.2 Å². The van der Waals surface area contributed by atoms with Gasteiger partial charge < -0.3 is 15.2 Å². The smallest absolute Gasteiger partial charge is 0.420 e. The molecule has 3 N–H and O–H groups in total. The molecule has 18 heavy (non-hydrogen) atoms. The number of H-pyrrole nitrogens is 1. The molecule has 0 amide bonds. The van der Waals surface area contributed by atoms with Gasteiger partial charge in [0.2, 0.25) is 0 Å². The lowest BCUT2D eigenvalue weighted by atomic mass is 10.0. The van der Waals surface area contributed by atoms with E-state index < -0.39 is 34.4 Å². The number of hydrogen-bond acceptors (Lipinski definition) is 2. The third kappa shape index (κ3) is 1.68. The number of aromatic carboxylic acids is 1. The van der Waals surface area contributed by atoms with Gasteiger partial charge in [0.05, 0.1) is 5.56 Å². The average molecular weight is 259 g/mol. The summed E-state index contributed by atoms with van der Waals surface area (Å²) in [6.45, 7) is 1.36. The summed E-state index contributed by atoms with van der Waals surface area (Å²) >= 11 is 0. The summed E-state index contributed by atoms with van der Waals surface area (Å²) < 4.78 is 38.6. The first-order valence-corrected chi connectivity index (χ1v) is 4.88. The first-order chi connectivity index (χ1) is 8.23. The molecule has 2 aromatic rings. The van der Waals surface area contributed by atoms with Crippen LogP contribution < -0.4 is 0 Å². The number of carboxylic acid groups (broad SMARTS) is 1. The molecule has 4 nitrogen and oxygen atoms in total. The van der Waals surface area contributed by atoms with Crippen molar-refractivity contribution >= 4 is 16.9 Å². The van der Waals surface area contributed by atoms with E-state index in [9.17, 15) is 23.1 Å². The number of alkyl halides is 3. The highest BCUT2D eigenvalue weighted by atomic mass is 19.4. The SMILES string of the molecule is Cc1[nH]c2ccc(O)c(C(F)(F)F)c2c1C(=O)O. The first-order valence-electron chi connectivity index (χ1n) is 4.88. The van der Waals surface area contributed by atoms with Crippen LogP contribution in [0.3, 0.4) is 0 Å². The van der Waals surface area contributed by atoms with Gasteiger partial charge in [-0.25, -0.2) is 4.79 Å². The molecule has 1 aromatic carbocycles. The molecule has 0 saturated heterocycles. The summed E-state index contributed by atoms with van der Waals surface area (Å²) in [4.78, 5) is 13.6. The van der Waals surface area contributed by atoms with Gasteiger partial charge in [0, 0.05) is 16.6 Å². The quantitative estimate of drug-likeness (QED) is 0.737. The summed E-state index contributed by atoms with van der Waals surface area (Å²) in [5.41, 5.74) is -1.68. The van der Waals surface area contributed by atoms with Crippen LogP contribution in [-0.2, 0) is 6.18 Å². The number of aromatic amines is 1. The predicted octanol–water partition coefficient (Wildman–Crippen LogP) is 2.90. The number of carboxylic acids is 1. The highest BCUT2D eigenvalue weighted by Gasteiger charge is 2.38. The highest BCUT2D eigenvalue weighted by Crippen LogP contribution is 2.42. The van der Waals surface area contributed by atoms with Crippen molar-refractivity contribution in [3.63, 3.8) is 0 Å². The van der Waals surface area contributed by atoms with Crippen molar-refractivity contribution in [2.45, 2.75) is 13.1 Å². The Morgan fingerprint density at radius 3 is 2.44 bits per heavy atom. The number of carbonyl (C=O) groups is 1. The lowest BCUT2D eigenvalue weighted by molar-refractivity contribution is -0.137. The first kappa shape index (κ1) is 12.3. The molecule has 0 fully saturated rings. The molecular formula is C11H8F3NO3. The molecule has 0 saturated carbocycles. The van der Waals surface area contributed by atoms with Crippen LogP contribution in [0.5, 0.6) is 5.75 Å².